The summed E-state index contributed by atoms with van der Waals surface area (Å²) in [5.74, 6) is 1.61. The quantitative estimate of drug-likeness (QED) is 0.406. The van der Waals surface area contributed by atoms with Crippen molar-refractivity contribution in [3.05, 3.63) is 81.5 Å². The molecular weight excluding hydrogens is 472 g/mol. The smallest absolute Gasteiger partial charge is 0.258 e. The number of ether oxygens (including phenoxy) is 2. The third-order valence-corrected chi connectivity index (χ3v) is 8.03. The first-order valence-electron chi connectivity index (χ1n) is 12.5. The number of aryl methyl sites for hydroxylation is 1. The topological polar surface area (TPSA) is 59.1 Å². The lowest BCUT2D eigenvalue weighted by atomic mass is 10.00. The highest BCUT2D eigenvalue weighted by molar-refractivity contribution is 7.10. The predicted molar refractivity (Wildman–Crippen MR) is 141 cm³/mol. The lowest BCUT2D eigenvalue weighted by molar-refractivity contribution is -0.135. The zero-order valence-electron chi connectivity index (χ0n) is 20.8. The molecule has 1 atom stereocenters. The number of para-hydroxylation sites is 2. The summed E-state index contributed by atoms with van der Waals surface area (Å²) in [6.45, 7) is 3.66. The summed E-state index contributed by atoms with van der Waals surface area (Å²) in [6.07, 6.45) is 3.01. The molecule has 7 heteroatoms. The molecule has 6 nitrogen and oxygen atoms in total. The molecule has 36 heavy (non-hydrogen) atoms. The Bertz CT molecular complexity index is 1240. The molecule has 1 aliphatic heterocycles. The van der Waals surface area contributed by atoms with Crippen molar-refractivity contribution in [3.63, 3.8) is 0 Å². The van der Waals surface area contributed by atoms with Gasteiger partial charge in [0.1, 0.15) is 24.7 Å². The number of fused-ring (bicyclic) bond motifs is 1. The van der Waals surface area contributed by atoms with Crippen molar-refractivity contribution < 1.29 is 19.1 Å². The maximum Gasteiger partial charge on any atom is 0.258 e. The Morgan fingerprint density at radius 1 is 1.06 bits per heavy atom. The standard InChI is InChI=1S/C29H32N2O4S/c1-20-7-3-5-9-25(20)35-19-24-22-14-16-36-27(22)13-15-31(24)28(32)18-30(17-21-11-12-21)29(33)23-8-4-6-10-26(23)34-2/h3-10,14,16,21,24H,11-13,15,17-19H2,1-2H3/t24-/m0/s1. The largest absolute Gasteiger partial charge is 0.496 e. The first-order valence-corrected chi connectivity index (χ1v) is 13.4. The monoisotopic (exact) mass is 504 g/mol. The van der Waals surface area contributed by atoms with Gasteiger partial charge in [0.25, 0.3) is 5.91 Å². The summed E-state index contributed by atoms with van der Waals surface area (Å²) >= 11 is 1.73. The highest BCUT2D eigenvalue weighted by Gasteiger charge is 2.35. The fourth-order valence-electron chi connectivity index (χ4n) is 4.84. The van der Waals surface area contributed by atoms with Crippen LogP contribution in [0.4, 0.5) is 0 Å². The van der Waals surface area contributed by atoms with Crippen LogP contribution < -0.4 is 9.47 Å². The summed E-state index contributed by atoms with van der Waals surface area (Å²) < 4.78 is 11.7. The Morgan fingerprint density at radius 2 is 1.81 bits per heavy atom. The Labute approximate surface area is 216 Å². The third-order valence-electron chi connectivity index (χ3n) is 7.03. The van der Waals surface area contributed by atoms with Crippen LogP contribution in [0, 0.1) is 12.8 Å². The fraction of sp³-hybridized carbons (Fsp3) is 0.379. The second-order valence-electron chi connectivity index (χ2n) is 9.56. The minimum Gasteiger partial charge on any atom is -0.496 e. The van der Waals surface area contributed by atoms with Crippen LogP contribution in [0.1, 0.15) is 45.2 Å². The van der Waals surface area contributed by atoms with Gasteiger partial charge in [-0.15, -0.1) is 11.3 Å². The molecule has 0 unspecified atom stereocenters. The Kier molecular flexibility index (Phi) is 7.28. The number of hydrogen-bond donors (Lipinski definition) is 0. The second kappa shape index (κ2) is 10.7. The third kappa shape index (κ3) is 5.26. The summed E-state index contributed by atoms with van der Waals surface area (Å²) in [7, 11) is 1.56. The van der Waals surface area contributed by atoms with Gasteiger partial charge in [-0.1, -0.05) is 30.3 Å². The molecule has 2 amide bonds. The number of nitrogens with zero attached hydrogens (tertiary/aromatic N) is 2. The Morgan fingerprint density at radius 3 is 2.56 bits per heavy atom. The first-order chi connectivity index (χ1) is 17.5. The van der Waals surface area contributed by atoms with Gasteiger partial charge in [-0.2, -0.15) is 0 Å². The molecule has 2 heterocycles. The molecule has 1 aliphatic carbocycles. The minimum atomic E-state index is -0.184. The molecule has 1 aromatic heterocycles. The van der Waals surface area contributed by atoms with E-state index >= 15 is 0 Å². The molecule has 1 saturated carbocycles. The zero-order chi connectivity index (χ0) is 25.1. The number of carbonyl (C=O) groups is 2. The SMILES string of the molecule is COc1ccccc1C(=O)N(CC(=O)N1CCc2sccc2[C@@H]1COc1ccccc1C)CC1CC1. The van der Waals surface area contributed by atoms with Gasteiger partial charge >= 0.3 is 0 Å². The Hall–Kier alpha value is -3.32. The first kappa shape index (κ1) is 24.4. The molecule has 1 fully saturated rings. The lowest BCUT2D eigenvalue weighted by Crippen LogP contribution is -2.48. The van der Waals surface area contributed by atoms with Crippen LogP contribution in [-0.4, -0.2) is 55.0 Å². The number of methoxy groups -OCH3 is 1. The molecule has 5 rings (SSSR count). The molecule has 188 valence electrons. The van der Waals surface area contributed by atoms with Crippen molar-refractivity contribution in [1.29, 1.82) is 0 Å². The second-order valence-corrected chi connectivity index (χ2v) is 10.6. The van der Waals surface area contributed by atoms with E-state index < -0.39 is 0 Å². The van der Waals surface area contributed by atoms with Crippen molar-refractivity contribution >= 4 is 23.2 Å². The van der Waals surface area contributed by atoms with Crippen molar-refractivity contribution in [2.75, 3.05) is 33.4 Å². The average Bonchev–Trinajstić information content (AvgIpc) is 3.59. The van der Waals surface area contributed by atoms with Crippen LogP contribution in [-0.2, 0) is 11.2 Å². The van der Waals surface area contributed by atoms with Gasteiger partial charge in [-0.25, -0.2) is 0 Å². The molecule has 0 bridgehead atoms. The van der Waals surface area contributed by atoms with Gasteiger partial charge in [0, 0.05) is 18.0 Å². The molecule has 2 aliphatic rings. The van der Waals surface area contributed by atoms with Crippen molar-refractivity contribution in [1.82, 2.24) is 9.80 Å². The van der Waals surface area contributed by atoms with Crippen LogP contribution in [0.3, 0.4) is 0 Å². The van der Waals surface area contributed by atoms with Crippen molar-refractivity contribution in [3.8, 4) is 11.5 Å². The number of benzene rings is 2. The van der Waals surface area contributed by atoms with Crippen LogP contribution in [0.5, 0.6) is 11.5 Å². The van der Waals surface area contributed by atoms with Gasteiger partial charge in [0.05, 0.1) is 18.7 Å². The Balaban J connectivity index is 1.36. The van der Waals surface area contributed by atoms with Gasteiger partial charge in [0.2, 0.25) is 5.91 Å². The number of rotatable bonds is 9. The minimum absolute atomic E-state index is 0.0471. The normalized spacial score (nSPS) is 16.8. The maximum atomic E-state index is 13.8. The molecule has 0 radical (unpaired) electrons. The van der Waals surface area contributed by atoms with E-state index in [-0.39, 0.29) is 24.4 Å². The van der Waals surface area contributed by atoms with E-state index in [0.717, 1.165) is 36.1 Å². The van der Waals surface area contributed by atoms with Gasteiger partial charge in [-0.05, 0) is 72.9 Å². The zero-order valence-corrected chi connectivity index (χ0v) is 21.6. The molecule has 2 aromatic carbocycles. The number of hydrogen-bond acceptors (Lipinski definition) is 5. The number of thiophene rings is 1. The van der Waals surface area contributed by atoms with E-state index in [1.165, 1.54) is 4.88 Å². The van der Waals surface area contributed by atoms with Gasteiger partial charge in [0.15, 0.2) is 0 Å². The maximum absolute atomic E-state index is 13.8. The molecule has 0 spiro atoms. The van der Waals surface area contributed by atoms with E-state index in [9.17, 15) is 9.59 Å². The molecular formula is C29H32N2O4S. The van der Waals surface area contributed by atoms with Gasteiger partial charge < -0.3 is 19.3 Å². The highest BCUT2D eigenvalue weighted by Crippen LogP contribution is 2.35. The molecule has 3 aromatic rings. The van der Waals surface area contributed by atoms with E-state index in [1.807, 2.05) is 48.2 Å². The van der Waals surface area contributed by atoms with Crippen LogP contribution in [0.2, 0.25) is 0 Å². The van der Waals surface area contributed by atoms with E-state index in [4.69, 9.17) is 9.47 Å². The molecule has 0 N–H and O–H groups in total. The van der Waals surface area contributed by atoms with E-state index in [1.54, 1.807) is 35.5 Å². The number of amides is 2. The summed E-state index contributed by atoms with van der Waals surface area (Å²) in [6, 6.07) is 17.1. The lowest BCUT2D eigenvalue weighted by Gasteiger charge is -2.37. The van der Waals surface area contributed by atoms with Crippen LogP contribution in [0.15, 0.2) is 60.0 Å². The average molecular weight is 505 g/mol. The fourth-order valence-corrected chi connectivity index (χ4v) is 5.77. The summed E-state index contributed by atoms with van der Waals surface area (Å²) in [4.78, 5) is 32.2. The van der Waals surface area contributed by atoms with Gasteiger partial charge in [-0.3, -0.25) is 9.59 Å². The van der Waals surface area contributed by atoms with Crippen LogP contribution in [0.25, 0.3) is 0 Å². The van der Waals surface area contributed by atoms with Crippen molar-refractivity contribution in [2.45, 2.75) is 32.2 Å². The van der Waals surface area contributed by atoms with E-state index in [0.29, 0.717) is 36.9 Å². The van der Waals surface area contributed by atoms with E-state index in [2.05, 4.69) is 11.4 Å². The predicted octanol–water partition coefficient (Wildman–Crippen LogP) is 5.12. The molecule has 0 saturated heterocycles. The van der Waals surface area contributed by atoms with Crippen LogP contribution >= 0.6 is 11.3 Å². The summed E-state index contributed by atoms with van der Waals surface area (Å²) in [5.41, 5.74) is 2.71. The summed E-state index contributed by atoms with van der Waals surface area (Å²) in [5, 5.41) is 2.09. The highest BCUT2D eigenvalue weighted by atomic mass is 32.1. The van der Waals surface area contributed by atoms with Crippen molar-refractivity contribution in [2.24, 2.45) is 5.92 Å². The number of carbonyl (C=O) groups excluding carboxylic acids is 2.